The van der Waals surface area contributed by atoms with E-state index in [0.29, 0.717) is 6.42 Å². The van der Waals surface area contributed by atoms with Crippen molar-refractivity contribution >= 4 is 5.78 Å². The van der Waals surface area contributed by atoms with Crippen LogP contribution in [0, 0.1) is 0 Å². The highest BCUT2D eigenvalue weighted by atomic mass is 19.4. The van der Waals surface area contributed by atoms with Crippen molar-refractivity contribution in [2.75, 3.05) is 0 Å². The van der Waals surface area contributed by atoms with Gasteiger partial charge in [-0.2, -0.15) is 13.2 Å². The van der Waals surface area contributed by atoms with Crippen molar-refractivity contribution in [3.63, 3.8) is 0 Å². The molecule has 0 unspecified atom stereocenters. The monoisotopic (exact) mass is 244 g/mol. The minimum absolute atomic E-state index is 0.0180. The second kappa shape index (κ2) is 5.84. The second-order valence-corrected chi connectivity index (χ2v) is 3.94. The van der Waals surface area contributed by atoms with E-state index in [2.05, 4.69) is 0 Å². The van der Waals surface area contributed by atoms with E-state index in [1.807, 2.05) is 6.92 Å². The van der Waals surface area contributed by atoms with Crippen molar-refractivity contribution < 1.29 is 18.0 Å². The molecule has 0 aliphatic heterocycles. The van der Waals surface area contributed by atoms with Crippen molar-refractivity contribution in [1.29, 1.82) is 0 Å². The summed E-state index contributed by atoms with van der Waals surface area (Å²) >= 11 is 0. The minimum atomic E-state index is -4.34. The van der Waals surface area contributed by atoms with E-state index in [1.165, 1.54) is 12.1 Å². The van der Waals surface area contributed by atoms with Crippen molar-refractivity contribution in [2.45, 2.75) is 38.8 Å². The number of hydrogen-bond acceptors (Lipinski definition) is 1. The Bertz CT molecular complexity index is 382. The first-order chi connectivity index (χ1) is 7.95. The molecule has 0 bridgehead atoms. The SMILES string of the molecule is CCCC(=O)CCc1ccccc1C(F)(F)F. The average Bonchev–Trinajstić information content (AvgIpc) is 2.26. The summed E-state index contributed by atoms with van der Waals surface area (Å²) in [5.41, 5.74) is -0.436. The summed E-state index contributed by atoms with van der Waals surface area (Å²) < 4.78 is 37.9. The van der Waals surface area contributed by atoms with Gasteiger partial charge in [0, 0.05) is 12.8 Å². The number of alkyl halides is 3. The van der Waals surface area contributed by atoms with Crippen LogP contribution in [-0.2, 0) is 17.4 Å². The van der Waals surface area contributed by atoms with Gasteiger partial charge in [0.2, 0.25) is 0 Å². The fourth-order valence-electron chi connectivity index (χ4n) is 1.69. The molecule has 0 aromatic heterocycles. The van der Waals surface area contributed by atoms with E-state index >= 15 is 0 Å². The molecule has 0 N–H and O–H groups in total. The Labute approximate surface area is 98.6 Å². The van der Waals surface area contributed by atoms with Crippen molar-refractivity contribution in [3.05, 3.63) is 35.4 Å². The van der Waals surface area contributed by atoms with Crippen LogP contribution in [0.25, 0.3) is 0 Å². The molecule has 94 valence electrons. The number of hydrogen-bond donors (Lipinski definition) is 0. The van der Waals surface area contributed by atoms with Crippen molar-refractivity contribution in [3.8, 4) is 0 Å². The van der Waals surface area contributed by atoms with Gasteiger partial charge in [-0.15, -0.1) is 0 Å². The Kier molecular flexibility index (Phi) is 4.73. The maximum absolute atomic E-state index is 12.6. The fourth-order valence-corrected chi connectivity index (χ4v) is 1.69. The maximum atomic E-state index is 12.6. The zero-order valence-corrected chi connectivity index (χ0v) is 9.68. The van der Waals surface area contributed by atoms with E-state index in [1.54, 1.807) is 6.07 Å². The van der Waals surface area contributed by atoms with Gasteiger partial charge < -0.3 is 0 Å². The highest BCUT2D eigenvalue weighted by Crippen LogP contribution is 2.32. The molecule has 0 saturated heterocycles. The van der Waals surface area contributed by atoms with Gasteiger partial charge in [0.05, 0.1) is 5.56 Å². The van der Waals surface area contributed by atoms with Gasteiger partial charge in [-0.25, -0.2) is 0 Å². The third kappa shape index (κ3) is 4.21. The summed E-state index contributed by atoms with van der Waals surface area (Å²) in [6, 6.07) is 5.41. The number of halogens is 3. The van der Waals surface area contributed by atoms with E-state index in [9.17, 15) is 18.0 Å². The molecule has 0 atom stereocenters. The average molecular weight is 244 g/mol. The number of aryl methyl sites for hydroxylation is 1. The van der Waals surface area contributed by atoms with E-state index < -0.39 is 11.7 Å². The van der Waals surface area contributed by atoms with Gasteiger partial charge in [-0.1, -0.05) is 25.1 Å². The first-order valence-electron chi connectivity index (χ1n) is 5.62. The summed E-state index contributed by atoms with van der Waals surface area (Å²) in [6.45, 7) is 1.88. The predicted octanol–water partition coefficient (Wildman–Crippen LogP) is 4.01. The summed E-state index contributed by atoms with van der Waals surface area (Å²) in [5.74, 6) is 0.0180. The summed E-state index contributed by atoms with van der Waals surface area (Å²) in [5, 5.41) is 0. The topological polar surface area (TPSA) is 17.1 Å². The second-order valence-electron chi connectivity index (χ2n) is 3.94. The quantitative estimate of drug-likeness (QED) is 0.764. The number of carbonyl (C=O) groups is 1. The third-order valence-electron chi connectivity index (χ3n) is 2.52. The summed E-state index contributed by atoms with van der Waals surface area (Å²) in [4.78, 5) is 11.3. The molecule has 0 aliphatic rings. The smallest absolute Gasteiger partial charge is 0.300 e. The van der Waals surface area contributed by atoms with Crippen LogP contribution in [0.1, 0.15) is 37.3 Å². The van der Waals surface area contributed by atoms with Crippen molar-refractivity contribution in [2.24, 2.45) is 0 Å². The lowest BCUT2D eigenvalue weighted by atomic mass is 10.00. The zero-order chi connectivity index (χ0) is 12.9. The highest BCUT2D eigenvalue weighted by molar-refractivity contribution is 5.78. The Morgan fingerprint density at radius 2 is 1.82 bits per heavy atom. The van der Waals surface area contributed by atoms with Crippen LogP contribution in [-0.4, -0.2) is 5.78 Å². The van der Waals surface area contributed by atoms with E-state index in [-0.39, 0.29) is 24.2 Å². The Morgan fingerprint density at radius 1 is 1.18 bits per heavy atom. The highest BCUT2D eigenvalue weighted by Gasteiger charge is 2.32. The molecule has 1 aromatic carbocycles. The fraction of sp³-hybridized carbons (Fsp3) is 0.462. The Morgan fingerprint density at radius 3 is 2.41 bits per heavy atom. The number of rotatable bonds is 5. The van der Waals surface area contributed by atoms with Crippen LogP contribution in [0.15, 0.2) is 24.3 Å². The van der Waals surface area contributed by atoms with Gasteiger partial charge in [-0.05, 0) is 24.5 Å². The van der Waals surface area contributed by atoms with Gasteiger partial charge in [0.25, 0.3) is 0 Å². The molecule has 1 nitrogen and oxygen atoms in total. The largest absolute Gasteiger partial charge is 0.416 e. The molecule has 1 aromatic rings. The maximum Gasteiger partial charge on any atom is 0.416 e. The zero-order valence-electron chi connectivity index (χ0n) is 9.68. The van der Waals surface area contributed by atoms with Gasteiger partial charge in [0.1, 0.15) is 5.78 Å². The molecule has 0 radical (unpaired) electrons. The third-order valence-corrected chi connectivity index (χ3v) is 2.52. The first kappa shape index (κ1) is 13.7. The lowest BCUT2D eigenvalue weighted by Crippen LogP contribution is -2.10. The molecule has 0 fully saturated rings. The number of carbonyl (C=O) groups excluding carboxylic acids is 1. The molecular weight excluding hydrogens is 229 g/mol. The normalized spacial score (nSPS) is 11.5. The molecule has 17 heavy (non-hydrogen) atoms. The molecule has 0 amide bonds. The van der Waals surface area contributed by atoms with Gasteiger partial charge in [0.15, 0.2) is 0 Å². The standard InChI is InChI=1S/C13H15F3O/c1-2-5-11(17)9-8-10-6-3-4-7-12(10)13(14,15)16/h3-4,6-7H,2,5,8-9H2,1H3. The summed E-state index contributed by atoms with van der Waals surface area (Å²) in [6.07, 6.45) is -2.83. The van der Waals surface area contributed by atoms with E-state index in [4.69, 9.17) is 0 Å². The number of ketones is 1. The Balaban J connectivity index is 2.74. The van der Waals surface area contributed by atoms with Gasteiger partial charge >= 0.3 is 6.18 Å². The minimum Gasteiger partial charge on any atom is -0.300 e. The van der Waals surface area contributed by atoms with Crippen molar-refractivity contribution in [1.82, 2.24) is 0 Å². The van der Waals surface area contributed by atoms with Crippen LogP contribution in [0.5, 0.6) is 0 Å². The van der Waals surface area contributed by atoms with Crippen LogP contribution >= 0.6 is 0 Å². The predicted molar refractivity (Wildman–Crippen MR) is 59.7 cm³/mol. The first-order valence-corrected chi connectivity index (χ1v) is 5.62. The molecule has 4 heteroatoms. The molecule has 1 rings (SSSR count). The molecule has 0 saturated carbocycles. The van der Waals surface area contributed by atoms with Gasteiger partial charge in [-0.3, -0.25) is 4.79 Å². The van der Waals surface area contributed by atoms with E-state index in [0.717, 1.165) is 12.5 Å². The molecule has 0 aliphatic carbocycles. The van der Waals surface area contributed by atoms with Crippen LogP contribution < -0.4 is 0 Å². The molecule has 0 heterocycles. The number of benzene rings is 1. The summed E-state index contributed by atoms with van der Waals surface area (Å²) in [7, 11) is 0. The van der Waals surface area contributed by atoms with Crippen LogP contribution in [0.3, 0.4) is 0 Å². The van der Waals surface area contributed by atoms with Crippen LogP contribution in [0.4, 0.5) is 13.2 Å². The molecule has 0 spiro atoms. The lowest BCUT2D eigenvalue weighted by Gasteiger charge is -2.12. The van der Waals surface area contributed by atoms with Crippen LogP contribution in [0.2, 0.25) is 0 Å². The number of Topliss-reactive ketones (excluding diaryl/α,β-unsaturated/α-hetero) is 1. The molecular formula is C13H15F3O. The Hall–Kier alpha value is -1.32. The lowest BCUT2D eigenvalue weighted by molar-refractivity contribution is -0.138.